The minimum absolute atomic E-state index is 0.939. The van der Waals surface area contributed by atoms with E-state index in [1.807, 2.05) is 5.12 Å². The fourth-order valence-electron chi connectivity index (χ4n) is 1.22. The highest BCUT2D eigenvalue weighted by Gasteiger charge is 2.04. The third-order valence-electron chi connectivity index (χ3n) is 1.76. The summed E-state index contributed by atoms with van der Waals surface area (Å²) in [5, 5.41) is 2.03. The Morgan fingerprint density at radius 1 is 1.15 bits per heavy atom. The summed E-state index contributed by atoms with van der Waals surface area (Å²) in [6.07, 6.45) is 4.43. The number of nitrogens with one attached hydrogen (secondary N) is 2. The zero-order valence-electron chi connectivity index (χ0n) is 9.35. The van der Waals surface area contributed by atoms with E-state index in [0.29, 0.717) is 0 Å². The molecule has 0 rings (SSSR count). The van der Waals surface area contributed by atoms with Crippen LogP contribution in [0.15, 0.2) is 11.8 Å². The average molecular weight is 185 g/mol. The lowest BCUT2D eigenvalue weighted by atomic mass is 10.2. The number of hydrazine groups is 2. The molecule has 0 aliphatic rings. The molecule has 13 heavy (non-hydrogen) atoms. The highest BCUT2D eigenvalue weighted by atomic mass is 15.7. The summed E-state index contributed by atoms with van der Waals surface area (Å²) < 4.78 is 0. The van der Waals surface area contributed by atoms with Crippen LogP contribution in [0, 0.1) is 0 Å². The molecule has 0 aromatic heterocycles. The second-order valence-electron chi connectivity index (χ2n) is 2.89. The molecule has 3 heteroatoms. The van der Waals surface area contributed by atoms with Crippen LogP contribution in [0.2, 0.25) is 0 Å². The molecule has 0 bridgehead atoms. The minimum Gasteiger partial charge on any atom is -0.246 e. The van der Waals surface area contributed by atoms with Crippen molar-refractivity contribution in [1.29, 1.82) is 0 Å². The lowest BCUT2D eigenvalue weighted by Crippen LogP contribution is -2.47. The van der Waals surface area contributed by atoms with Crippen LogP contribution in [-0.4, -0.2) is 18.2 Å². The lowest BCUT2D eigenvalue weighted by Gasteiger charge is -2.27. The van der Waals surface area contributed by atoms with Gasteiger partial charge in [-0.05, 0) is 13.3 Å². The van der Waals surface area contributed by atoms with E-state index in [4.69, 9.17) is 0 Å². The smallest absolute Gasteiger partial charge is 0.0433 e. The van der Waals surface area contributed by atoms with Crippen molar-refractivity contribution in [3.05, 3.63) is 11.8 Å². The minimum atomic E-state index is 0.939. The van der Waals surface area contributed by atoms with Gasteiger partial charge in [-0.3, -0.25) is 0 Å². The maximum atomic E-state index is 3.27. The Morgan fingerprint density at radius 3 is 2.00 bits per heavy atom. The first-order valence-corrected chi connectivity index (χ1v) is 5.22. The number of allylic oxidation sites excluding steroid dienone is 2. The van der Waals surface area contributed by atoms with Crippen LogP contribution in [0.25, 0.3) is 0 Å². The van der Waals surface area contributed by atoms with Gasteiger partial charge in [0.05, 0.1) is 0 Å². The molecular formula is C10H23N3. The molecular weight excluding hydrogens is 162 g/mol. The summed E-state index contributed by atoms with van der Waals surface area (Å²) in [5.74, 6) is 0. The van der Waals surface area contributed by atoms with Gasteiger partial charge in [-0.25, -0.2) is 16.0 Å². The first-order chi connectivity index (χ1) is 6.29. The van der Waals surface area contributed by atoms with Crippen LogP contribution < -0.4 is 10.9 Å². The predicted molar refractivity (Wildman–Crippen MR) is 57.9 cm³/mol. The quantitative estimate of drug-likeness (QED) is 0.594. The van der Waals surface area contributed by atoms with Crippen LogP contribution in [0.3, 0.4) is 0 Å². The monoisotopic (exact) mass is 185 g/mol. The van der Waals surface area contributed by atoms with Gasteiger partial charge < -0.3 is 0 Å². The van der Waals surface area contributed by atoms with Crippen LogP contribution >= 0.6 is 0 Å². The molecule has 0 fully saturated rings. The Balaban J connectivity index is 4.12. The summed E-state index contributed by atoms with van der Waals surface area (Å²) in [6, 6.07) is 0. The van der Waals surface area contributed by atoms with E-state index in [0.717, 1.165) is 19.5 Å². The lowest BCUT2D eigenvalue weighted by molar-refractivity contribution is 0.165. The molecule has 3 nitrogen and oxygen atoms in total. The molecule has 0 aliphatic heterocycles. The van der Waals surface area contributed by atoms with E-state index < -0.39 is 0 Å². The number of rotatable bonds is 7. The maximum absolute atomic E-state index is 3.27. The number of hydrogen-bond acceptors (Lipinski definition) is 3. The van der Waals surface area contributed by atoms with Gasteiger partial charge >= 0.3 is 0 Å². The van der Waals surface area contributed by atoms with Gasteiger partial charge in [0.2, 0.25) is 0 Å². The molecule has 0 amide bonds. The molecule has 0 saturated carbocycles. The first kappa shape index (κ1) is 12.5. The number of nitrogens with zero attached hydrogens (tertiary/aromatic N) is 1. The Bertz CT molecular complexity index is 137. The van der Waals surface area contributed by atoms with Crippen LogP contribution in [0.5, 0.6) is 0 Å². The van der Waals surface area contributed by atoms with Gasteiger partial charge in [0.1, 0.15) is 0 Å². The van der Waals surface area contributed by atoms with Crippen LogP contribution in [0.1, 0.15) is 40.5 Å². The topological polar surface area (TPSA) is 27.3 Å². The Hall–Kier alpha value is -0.540. The third kappa shape index (κ3) is 4.90. The molecule has 0 spiro atoms. The summed E-state index contributed by atoms with van der Waals surface area (Å²) in [4.78, 5) is 0. The van der Waals surface area contributed by atoms with Crippen molar-refractivity contribution in [3.8, 4) is 0 Å². The van der Waals surface area contributed by atoms with E-state index in [1.165, 1.54) is 12.1 Å². The van der Waals surface area contributed by atoms with Crippen molar-refractivity contribution < 1.29 is 0 Å². The van der Waals surface area contributed by atoms with Gasteiger partial charge in [-0.15, -0.1) is 0 Å². The SMILES string of the molecule is CC=C(CCC)N(NCC)NCC. The standard InChI is InChI=1S/C10H23N3/c1-5-9-10(6-2)13(11-7-3)12-8-4/h6,11-12H,5,7-9H2,1-4H3. The van der Waals surface area contributed by atoms with Crippen LogP contribution in [-0.2, 0) is 0 Å². The Labute approximate surface area is 82.1 Å². The molecule has 0 heterocycles. The molecule has 0 aliphatic carbocycles. The van der Waals surface area contributed by atoms with E-state index in [2.05, 4.69) is 44.6 Å². The zero-order valence-corrected chi connectivity index (χ0v) is 9.35. The van der Waals surface area contributed by atoms with Gasteiger partial charge in [0.15, 0.2) is 0 Å². The Kier molecular flexibility index (Phi) is 7.74. The molecule has 0 radical (unpaired) electrons. The zero-order chi connectivity index (χ0) is 10.1. The fraction of sp³-hybridized carbons (Fsp3) is 0.800. The summed E-state index contributed by atoms with van der Waals surface area (Å²) in [5.41, 5.74) is 7.86. The van der Waals surface area contributed by atoms with Gasteiger partial charge in [0.25, 0.3) is 0 Å². The fourth-order valence-corrected chi connectivity index (χ4v) is 1.22. The first-order valence-electron chi connectivity index (χ1n) is 5.22. The normalized spacial score (nSPS) is 11.8. The van der Waals surface area contributed by atoms with E-state index in [1.54, 1.807) is 0 Å². The largest absolute Gasteiger partial charge is 0.246 e. The van der Waals surface area contributed by atoms with Crippen LogP contribution in [0.4, 0.5) is 0 Å². The molecule has 0 atom stereocenters. The summed E-state index contributed by atoms with van der Waals surface area (Å²) >= 11 is 0. The van der Waals surface area contributed by atoms with E-state index >= 15 is 0 Å². The van der Waals surface area contributed by atoms with Gasteiger partial charge in [0, 0.05) is 18.8 Å². The molecule has 0 saturated heterocycles. The van der Waals surface area contributed by atoms with Crippen molar-refractivity contribution in [3.63, 3.8) is 0 Å². The summed E-state index contributed by atoms with van der Waals surface area (Å²) in [7, 11) is 0. The highest BCUT2D eigenvalue weighted by molar-refractivity contribution is 4.96. The van der Waals surface area contributed by atoms with Crippen molar-refractivity contribution >= 4 is 0 Å². The van der Waals surface area contributed by atoms with Gasteiger partial charge in [-0.2, -0.15) is 0 Å². The predicted octanol–water partition coefficient (Wildman–Crippen LogP) is 2.04. The van der Waals surface area contributed by atoms with Crippen molar-refractivity contribution in [1.82, 2.24) is 16.0 Å². The maximum Gasteiger partial charge on any atom is 0.0433 e. The van der Waals surface area contributed by atoms with Crippen molar-refractivity contribution in [2.24, 2.45) is 0 Å². The highest BCUT2D eigenvalue weighted by Crippen LogP contribution is 2.06. The second-order valence-corrected chi connectivity index (χ2v) is 2.89. The third-order valence-corrected chi connectivity index (χ3v) is 1.76. The molecule has 0 aromatic rings. The molecule has 0 aromatic carbocycles. The number of hydrogen-bond donors (Lipinski definition) is 2. The molecule has 0 unspecified atom stereocenters. The van der Waals surface area contributed by atoms with E-state index in [9.17, 15) is 0 Å². The molecule has 2 N–H and O–H groups in total. The van der Waals surface area contributed by atoms with Gasteiger partial charge in [-0.1, -0.05) is 33.3 Å². The average Bonchev–Trinajstić information content (AvgIpc) is 2.14. The Morgan fingerprint density at radius 2 is 1.69 bits per heavy atom. The van der Waals surface area contributed by atoms with Crippen molar-refractivity contribution in [2.45, 2.75) is 40.5 Å². The summed E-state index contributed by atoms with van der Waals surface area (Å²) in [6.45, 7) is 10.3. The van der Waals surface area contributed by atoms with E-state index in [-0.39, 0.29) is 0 Å². The van der Waals surface area contributed by atoms with Crippen molar-refractivity contribution in [2.75, 3.05) is 13.1 Å². The second kappa shape index (κ2) is 8.08. The molecule has 78 valence electrons.